The highest BCUT2D eigenvalue weighted by Crippen LogP contribution is 2.24. The molecule has 0 aliphatic rings. The monoisotopic (exact) mass is 307 g/mol. The number of nitrogens with zero attached hydrogens (tertiary/aromatic N) is 1. The summed E-state index contributed by atoms with van der Waals surface area (Å²) in [5.74, 6) is 0. The third kappa shape index (κ3) is 4.31. The molecule has 0 radical (unpaired) electrons. The second-order valence-corrected chi connectivity index (χ2v) is 5.99. The maximum atomic E-state index is 11.5. The van der Waals surface area contributed by atoms with Crippen molar-refractivity contribution in [1.82, 2.24) is 15.8 Å². The van der Waals surface area contributed by atoms with Crippen LogP contribution >= 0.6 is 11.6 Å². The summed E-state index contributed by atoms with van der Waals surface area (Å²) < 4.78 is 5.13. The van der Waals surface area contributed by atoms with Gasteiger partial charge in [0.2, 0.25) is 0 Å². The van der Waals surface area contributed by atoms with Crippen molar-refractivity contribution >= 4 is 28.6 Å². The highest BCUT2D eigenvalue weighted by Gasteiger charge is 2.15. The van der Waals surface area contributed by atoms with Gasteiger partial charge in [0, 0.05) is 23.2 Å². The lowest BCUT2D eigenvalue weighted by molar-refractivity contribution is 0.0497. The number of ether oxygens (including phenoxy) is 1. The number of nitrogens with one attached hydrogen (secondary N) is 2. The number of aromatic nitrogens is 1. The Labute approximate surface area is 128 Å². The van der Waals surface area contributed by atoms with Crippen LogP contribution in [0.25, 0.3) is 10.9 Å². The predicted molar refractivity (Wildman–Crippen MR) is 83.0 cm³/mol. The summed E-state index contributed by atoms with van der Waals surface area (Å²) in [5, 5.41) is 1.54. The van der Waals surface area contributed by atoms with Crippen LogP contribution in [0.4, 0.5) is 4.79 Å². The van der Waals surface area contributed by atoms with Gasteiger partial charge < -0.3 is 4.74 Å². The van der Waals surface area contributed by atoms with E-state index in [-0.39, 0.29) is 0 Å². The van der Waals surface area contributed by atoms with Crippen LogP contribution < -0.4 is 10.9 Å². The van der Waals surface area contributed by atoms with Crippen molar-refractivity contribution < 1.29 is 9.53 Å². The summed E-state index contributed by atoms with van der Waals surface area (Å²) in [4.78, 5) is 15.9. The minimum atomic E-state index is -0.527. The van der Waals surface area contributed by atoms with Crippen molar-refractivity contribution in [2.45, 2.75) is 32.9 Å². The van der Waals surface area contributed by atoms with Crippen LogP contribution in [-0.2, 0) is 11.3 Å². The van der Waals surface area contributed by atoms with E-state index in [0.29, 0.717) is 11.6 Å². The van der Waals surface area contributed by atoms with Gasteiger partial charge >= 0.3 is 6.09 Å². The first kappa shape index (κ1) is 15.5. The normalized spacial score (nSPS) is 11.4. The molecule has 0 atom stereocenters. The van der Waals surface area contributed by atoms with Crippen LogP contribution in [0, 0.1) is 0 Å². The van der Waals surface area contributed by atoms with Gasteiger partial charge in [-0.1, -0.05) is 17.7 Å². The molecule has 0 bridgehead atoms. The molecule has 1 heterocycles. The topological polar surface area (TPSA) is 63.2 Å². The molecule has 0 saturated heterocycles. The van der Waals surface area contributed by atoms with Crippen molar-refractivity contribution in [3.8, 4) is 0 Å². The van der Waals surface area contributed by atoms with Gasteiger partial charge in [-0.05, 0) is 44.5 Å². The Morgan fingerprint density at radius 1 is 1.33 bits per heavy atom. The van der Waals surface area contributed by atoms with E-state index in [0.717, 1.165) is 16.5 Å². The molecule has 1 aromatic heterocycles. The van der Waals surface area contributed by atoms with Crippen LogP contribution in [0.2, 0.25) is 5.02 Å². The Kier molecular flexibility index (Phi) is 4.65. The standard InChI is InChI=1S/C15H18ClN3O2/c1-15(2,3)21-14(20)19-18-9-10-6-7-12(16)11-5-4-8-17-13(10)11/h4-8,18H,9H2,1-3H3,(H,19,20). The van der Waals surface area contributed by atoms with E-state index in [4.69, 9.17) is 16.3 Å². The zero-order valence-electron chi connectivity index (χ0n) is 12.2. The number of amides is 1. The molecule has 0 fully saturated rings. The molecule has 1 aromatic carbocycles. The number of carbonyl (C=O) groups is 1. The number of rotatable bonds is 3. The average Bonchev–Trinajstić information content (AvgIpc) is 2.40. The van der Waals surface area contributed by atoms with Gasteiger partial charge in [0.25, 0.3) is 0 Å². The summed E-state index contributed by atoms with van der Waals surface area (Å²) in [6.07, 6.45) is 1.19. The van der Waals surface area contributed by atoms with Crippen LogP contribution in [0.5, 0.6) is 0 Å². The number of hydrazine groups is 1. The Balaban J connectivity index is 2.02. The molecule has 0 aliphatic carbocycles. The van der Waals surface area contributed by atoms with E-state index >= 15 is 0 Å². The van der Waals surface area contributed by atoms with E-state index in [1.54, 1.807) is 6.20 Å². The van der Waals surface area contributed by atoms with Gasteiger partial charge in [0.1, 0.15) is 5.60 Å². The second-order valence-electron chi connectivity index (χ2n) is 5.59. The van der Waals surface area contributed by atoms with E-state index in [2.05, 4.69) is 15.8 Å². The maximum absolute atomic E-state index is 11.5. The fourth-order valence-electron chi connectivity index (χ4n) is 1.85. The summed E-state index contributed by atoms with van der Waals surface area (Å²) >= 11 is 6.14. The second kappa shape index (κ2) is 6.28. The van der Waals surface area contributed by atoms with Crippen LogP contribution in [0.15, 0.2) is 30.5 Å². The molecule has 0 spiro atoms. The van der Waals surface area contributed by atoms with E-state index in [1.165, 1.54) is 0 Å². The molecule has 1 amide bonds. The fourth-order valence-corrected chi connectivity index (χ4v) is 2.07. The largest absolute Gasteiger partial charge is 0.443 e. The molecule has 2 rings (SSSR count). The molecule has 0 saturated carbocycles. The number of benzene rings is 1. The molecular weight excluding hydrogens is 290 g/mol. The number of pyridine rings is 1. The van der Waals surface area contributed by atoms with Crippen molar-refractivity contribution in [3.63, 3.8) is 0 Å². The van der Waals surface area contributed by atoms with Crippen molar-refractivity contribution in [1.29, 1.82) is 0 Å². The predicted octanol–water partition coefficient (Wildman–Crippen LogP) is 3.42. The van der Waals surface area contributed by atoms with Gasteiger partial charge in [-0.3, -0.25) is 10.4 Å². The summed E-state index contributed by atoms with van der Waals surface area (Å²) in [7, 11) is 0. The third-order valence-corrected chi connectivity index (χ3v) is 3.00. The highest BCUT2D eigenvalue weighted by molar-refractivity contribution is 6.35. The lowest BCUT2D eigenvalue weighted by atomic mass is 10.1. The first-order valence-corrected chi connectivity index (χ1v) is 6.98. The smallest absolute Gasteiger partial charge is 0.422 e. The first-order valence-electron chi connectivity index (χ1n) is 6.61. The molecule has 0 unspecified atom stereocenters. The minimum Gasteiger partial charge on any atom is -0.443 e. The van der Waals surface area contributed by atoms with Crippen molar-refractivity contribution in [2.75, 3.05) is 0 Å². The number of carbonyl (C=O) groups excluding carboxylic acids is 1. The highest BCUT2D eigenvalue weighted by atomic mass is 35.5. The Hall–Kier alpha value is -1.85. The molecule has 2 aromatic rings. The number of hydrogen-bond acceptors (Lipinski definition) is 4. The molecule has 0 aliphatic heterocycles. The number of halogens is 1. The molecule has 2 N–H and O–H groups in total. The van der Waals surface area contributed by atoms with Gasteiger partial charge in [0.05, 0.1) is 5.52 Å². The van der Waals surface area contributed by atoms with E-state index in [9.17, 15) is 4.79 Å². The number of fused-ring (bicyclic) bond motifs is 1. The average molecular weight is 308 g/mol. The van der Waals surface area contributed by atoms with Crippen LogP contribution in [0.3, 0.4) is 0 Å². The van der Waals surface area contributed by atoms with Gasteiger partial charge in [0.15, 0.2) is 0 Å². The Bertz CT molecular complexity index is 653. The van der Waals surface area contributed by atoms with Crippen LogP contribution in [0.1, 0.15) is 26.3 Å². The lowest BCUT2D eigenvalue weighted by Gasteiger charge is -2.19. The Morgan fingerprint density at radius 2 is 2.10 bits per heavy atom. The molecule has 5 nitrogen and oxygen atoms in total. The molecule has 112 valence electrons. The molecule has 21 heavy (non-hydrogen) atoms. The maximum Gasteiger partial charge on any atom is 0.422 e. The summed E-state index contributed by atoms with van der Waals surface area (Å²) in [6.45, 7) is 5.85. The summed E-state index contributed by atoms with van der Waals surface area (Å²) in [6, 6.07) is 7.44. The van der Waals surface area contributed by atoms with E-state index < -0.39 is 11.7 Å². The minimum absolute atomic E-state index is 0.421. The van der Waals surface area contributed by atoms with Gasteiger partial charge in [-0.25, -0.2) is 10.2 Å². The first-order chi connectivity index (χ1) is 9.87. The number of hydrogen-bond donors (Lipinski definition) is 2. The van der Waals surface area contributed by atoms with E-state index in [1.807, 2.05) is 45.0 Å². The van der Waals surface area contributed by atoms with Crippen molar-refractivity contribution in [2.24, 2.45) is 0 Å². The zero-order valence-corrected chi connectivity index (χ0v) is 13.0. The summed E-state index contributed by atoms with van der Waals surface area (Å²) in [5.41, 5.74) is 6.54. The quantitative estimate of drug-likeness (QED) is 0.853. The lowest BCUT2D eigenvalue weighted by Crippen LogP contribution is -2.40. The molecule has 6 heteroatoms. The SMILES string of the molecule is CC(C)(C)OC(=O)NNCc1ccc(Cl)c2cccnc12. The van der Waals surface area contributed by atoms with Gasteiger partial charge in [-0.2, -0.15) is 0 Å². The van der Waals surface area contributed by atoms with Crippen molar-refractivity contribution in [3.05, 3.63) is 41.0 Å². The molecular formula is C15H18ClN3O2. The fraction of sp³-hybridized carbons (Fsp3) is 0.333. The zero-order chi connectivity index (χ0) is 15.5. The Morgan fingerprint density at radius 3 is 2.81 bits per heavy atom. The third-order valence-electron chi connectivity index (χ3n) is 2.67. The van der Waals surface area contributed by atoms with Crippen LogP contribution in [-0.4, -0.2) is 16.7 Å². The van der Waals surface area contributed by atoms with Gasteiger partial charge in [-0.15, -0.1) is 0 Å².